The number of para-hydroxylation sites is 1. The molecule has 0 saturated carbocycles. The van der Waals surface area contributed by atoms with E-state index in [4.69, 9.17) is 0 Å². The lowest BCUT2D eigenvalue weighted by Crippen LogP contribution is -2.52. The molecule has 130 valence electrons. The normalized spacial score (nSPS) is 20.3. The summed E-state index contributed by atoms with van der Waals surface area (Å²) in [5.41, 5.74) is 2.18. The predicted octanol–water partition coefficient (Wildman–Crippen LogP) is 1.98. The van der Waals surface area contributed by atoms with E-state index in [-0.39, 0.29) is 10.7 Å². The zero-order chi connectivity index (χ0) is 17.2. The van der Waals surface area contributed by atoms with Crippen molar-refractivity contribution in [3.63, 3.8) is 0 Å². The van der Waals surface area contributed by atoms with Crippen molar-refractivity contribution in [3.05, 3.63) is 29.8 Å². The van der Waals surface area contributed by atoms with Crippen LogP contribution in [0.4, 0.5) is 5.69 Å². The van der Waals surface area contributed by atoms with Crippen molar-refractivity contribution in [1.82, 2.24) is 10.2 Å². The van der Waals surface area contributed by atoms with E-state index in [0.29, 0.717) is 19.5 Å². The van der Waals surface area contributed by atoms with E-state index >= 15 is 0 Å². The average Bonchev–Trinajstić information content (AvgIpc) is 2.86. The van der Waals surface area contributed by atoms with E-state index < -0.39 is 0 Å². The molecular formula is C18H26N4OS. The Kier molecular flexibility index (Phi) is 5.04. The van der Waals surface area contributed by atoms with Crippen LogP contribution in [0.2, 0.25) is 0 Å². The Balaban J connectivity index is 1.57. The molecule has 2 aliphatic heterocycles. The van der Waals surface area contributed by atoms with Gasteiger partial charge >= 0.3 is 0 Å². The Morgan fingerprint density at radius 3 is 2.92 bits per heavy atom. The van der Waals surface area contributed by atoms with Crippen LogP contribution in [0, 0.1) is 0 Å². The van der Waals surface area contributed by atoms with Crippen LogP contribution >= 0.6 is 11.8 Å². The summed E-state index contributed by atoms with van der Waals surface area (Å²) >= 11 is 2.01. The Morgan fingerprint density at radius 1 is 1.38 bits per heavy atom. The molecule has 0 aromatic heterocycles. The summed E-state index contributed by atoms with van der Waals surface area (Å²) in [5, 5.41) is 3.43. The van der Waals surface area contributed by atoms with Gasteiger partial charge in [-0.1, -0.05) is 18.2 Å². The Bertz CT molecular complexity index is 644. The standard InChI is InChI=1S/C18H26N4OS/c1-18(2)13-21(10-11-24-18)17(19-3)20-8-9-22-15-7-5-4-6-14(15)12-16(22)23/h4-7H,8-13H2,1-3H3,(H,19,20). The quantitative estimate of drug-likeness (QED) is 0.672. The molecule has 0 spiro atoms. The first-order valence-electron chi connectivity index (χ1n) is 8.48. The van der Waals surface area contributed by atoms with Gasteiger partial charge in [0.2, 0.25) is 5.91 Å². The van der Waals surface area contributed by atoms with Crippen molar-refractivity contribution in [2.24, 2.45) is 4.99 Å². The first-order valence-corrected chi connectivity index (χ1v) is 9.46. The van der Waals surface area contributed by atoms with Gasteiger partial charge in [0.15, 0.2) is 5.96 Å². The summed E-state index contributed by atoms with van der Waals surface area (Å²) in [4.78, 5) is 20.8. The molecule has 0 aliphatic carbocycles. The molecule has 24 heavy (non-hydrogen) atoms. The van der Waals surface area contributed by atoms with E-state index in [2.05, 4.69) is 29.1 Å². The van der Waals surface area contributed by atoms with Crippen LogP contribution in [0.3, 0.4) is 0 Å². The lowest BCUT2D eigenvalue weighted by atomic mass is 10.2. The van der Waals surface area contributed by atoms with Gasteiger partial charge in [-0.05, 0) is 25.5 Å². The Labute approximate surface area is 148 Å². The zero-order valence-electron chi connectivity index (χ0n) is 14.7. The van der Waals surface area contributed by atoms with E-state index in [9.17, 15) is 4.79 Å². The second-order valence-electron chi connectivity index (χ2n) is 6.85. The molecule has 0 radical (unpaired) electrons. The van der Waals surface area contributed by atoms with Crippen molar-refractivity contribution in [1.29, 1.82) is 0 Å². The highest BCUT2D eigenvalue weighted by Gasteiger charge is 2.29. The maximum atomic E-state index is 12.2. The van der Waals surface area contributed by atoms with Crippen LogP contribution in [0.5, 0.6) is 0 Å². The second kappa shape index (κ2) is 7.05. The third-order valence-corrected chi connectivity index (χ3v) is 5.78. The number of thioether (sulfide) groups is 1. The number of benzene rings is 1. The lowest BCUT2D eigenvalue weighted by Gasteiger charge is -2.39. The molecule has 2 heterocycles. The van der Waals surface area contributed by atoms with Crippen molar-refractivity contribution in [2.75, 3.05) is 43.9 Å². The summed E-state index contributed by atoms with van der Waals surface area (Å²) in [7, 11) is 1.83. The van der Waals surface area contributed by atoms with Gasteiger partial charge in [-0.15, -0.1) is 0 Å². The monoisotopic (exact) mass is 346 g/mol. The fourth-order valence-electron chi connectivity index (χ4n) is 3.37. The maximum absolute atomic E-state index is 12.2. The fraction of sp³-hybridized carbons (Fsp3) is 0.556. The van der Waals surface area contributed by atoms with E-state index in [1.54, 1.807) is 0 Å². The smallest absolute Gasteiger partial charge is 0.231 e. The van der Waals surface area contributed by atoms with Gasteiger partial charge < -0.3 is 15.1 Å². The number of nitrogens with zero attached hydrogens (tertiary/aromatic N) is 3. The molecule has 1 saturated heterocycles. The molecule has 0 atom stereocenters. The van der Waals surface area contributed by atoms with Crippen LogP contribution < -0.4 is 10.2 Å². The number of nitrogens with one attached hydrogen (secondary N) is 1. The van der Waals surface area contributed by atoms with Crippen LogP contribution in [-0.4, -0.2) is 60.5 Å². The van der Waals surface area contributed by atoms with Crippen molar-refractivity contribution >= 4 is 29.3 Å². The number of anilines is 1. The minimum absolute atomic E-state index is 0.184. The molecule has 2 aliphatic rings. The number of hydrogen-bond acceptors (Lipinski definition) is 3. The topological polar surface area (TPSA) is 47.9 Å². The number of hydrogen-bond donors (Lipinski definition) is 1. The van der Waals surface area contributed by atoms with E-state index in [1.165, 1.54) is 0 Å². The van der Waals surface area contributed by atoms with Gasteiger partial charge in [0.05, 0.1) is 6.42 Å². The van der Waals surface area contributed by atoms with Crippen LogP contribution in [-0.2, 0) is 11.2 Å². The Morgan fingerprint density at radius 2 is 2.17 bits per heavy atom. The first-order chi connectivity index (χ1) is 11.5. The van der Waals surface area contributed by atoms with Gasteiger partial charge in [0.1, 0.15) is 0 Å². The largest absolute Gasteiger partial charge is 0.354 e. The zero-order valence-corrected chi connectivity index (χ0v) is 15.5. The van der Waals surface area contributed by atoms with Gasteiger partial charge in [-0.25, -0.2) is 0 Å². The highest BCUT2D eigenvalue weighted by Crippen LogP contribution is 2.29. The molecule has 0 unspecified atom stereocenters. The Hall–Kier alpha value is -1.69. The van der Waals surface area contributed by atoms with Crippen LogP contribution in [0.25, 0.3) is 0 Å². The number of amides is 1. The van der Waals surface area contributed by atoms with Crippen molar-refractivity contribution < 1.29 is 4.79 Å². The van der Waals surface area contributed by atoms with Crippen LogP contribution in [0.1, 0.15) is 19.4 Å². The summed E-state index contributed by atoms with van der Waals surface area (Å²) in [6, 6.07) is 8.04. The molecule has 3 rings (SSSR count). The molecular weight excluding hydrogens is 320 g/mol. The average molecular weight is 347 g/mol. The summed E-state index contributed by atoms with van der Waals surface area (Å²) in [5.74, 6) is 2.23. The SMILES string of the molecule is CN=C(NCCN1C(=O)Cc2ccccc21)N1CCSC(C)(C)C1. The minimum Gasteiger partial charge on any atom is -0.354 e. The van der Waals surface area contributed by atoms with Gasteiger partial charge in [-0.2, -0.15) is 11.8 Å². The molecule has 1 amide bonds. The lowest BCUT2D eigenvalue weighted by molar-refractivity contribution is -0.117. The molecule has 1 aromatic rings. The van der Waals surface area contributed by atoms with Crippen LogP contribution in [0.15, 0.2) is 29.3 Å². The summed E-state index contributed by atoms with van der Waals surface area (Å²) < 4.78 is 0.250. The van der Waals surface area contributed by atoms with Crippen molar-refractivity contribution in [3.8, 4) is 0 Å². The number of carbonyl (C=O) groups excluding carboxylic acids is 1. The third-order valence-electron chi connectivity index (χ3n) is 4.48. The van der Waals surface area contributed by atoms with E-state index in [1.807, 2.05) is 48.0 Å². The molecule has 5 nitrogen and oxygen atoms in total. The maximum Gasteiger partial charge on any atom is 0.231 e. The number of rotatable bonds is 3. The molecule has 0 bridgehead atoms. The molecule has 1 aromatic carbocycles. The van der Waals surface area contributed by atoms with Gasteiger partial charge in [-0.3, -0.25) is 9.79 Å². The first kappa shape index (κ1) is 17.1. The predicted molar refractivity (Wildman–Crippen MR) is 102 cm³/mol. The fourth-order valence-corrected chi connectivity index (χ4v) is 4.48. The summed E-state index contributed by atoms with van der Waals surface area (Å²) in [6.45, 7) is 7.92. The third kappa shape index (κ3) is 3.69. The number of aliphatic imine (C=N–C) groups is 1. The number of fused-ring (bicyclic) bond motifs is 1. The van der Waals surface area contributed by atoms with E-state index in [0.717, 1.165) is 36.1 Å². The van der Waals surface area contributed by atoms with Gasteiger partial charge in [0, 0.05) is 49.4 Å². The highest BCUT2D eigenvalue weighted by molar-refractivity contribution is 8.00. The highest BCUT2D eigenvalue weighted by atomic mass is 32.2. The second-order valence-corrected chi connectivity index (χ2v) is 8.66. The van der Waals surface area contributed by atoms with Crippen molar-refractivity contribution in [2.45, 2.75) is 25.0 Å². The summed E-state index contributed by atoms with van der Waals surface area (Å²) in [6.07, 6.45) is 0.516. The molecule has 6 heteroatoms. The number of guanidine groups is 1. The molecule has 1 N–H and O–H groups in total. The number of carbonyl (C=O) groups is 1. The van der Waals surface area contributed by atoms with Gasteiger partial charge in [0.25, 0.3) is 0 Å². The molecule has 1 fully saturated rings. The minimum atomic E-state index is 0.184.